The fourth-order valence-corrected chi connectivity index (χ4v) is 10.9. The van der Waals surface area contributed by atoms with Crippen molar-refractivity contribution in [1.29, 1.82) is 0 Å². The number of ether oxygens (including phenoxy) is 8. The smallest absolute Gasteiger partial charge is 0.161 e. The molecule has 16 nitrogen and oxygen atoms in total. The van der Waals surface area contributed by atoms with Gasteiger partial charge in [0.15, 0.2) is 5.84 Å². The number of H-pyrrole nitrogens is 3. The zero-order valence-electron chi connectivity index (χ0n) is 41.4. The van der Waals surface area contributed by atoms with Crippen molar-refractivity contribution in [3.63, 3.8) is 0 Å². The Hall–Kier alpha value is -9.44. The molecule has 1 aliphatic rings. The second-order valence-electron chi connectivity index (χ2n) is 17.2. The van der Waals surface area contributed by atoms with Crippen molar-refractivity contribution < 1.29 is 37.9 Å². The van der Waals surface area contributed by atoms with Gasteiger partial charge in [0, 0.05) is 56.4 Å². The molecule has 364 valence electrons. The van der Waals surface area contributed by atoms with Crippen LogP contribution in [0.15, 0.2) is 117 Å². The molecule has 11 aromatic rings. The number of aromatic amines is 3. The normalized spacial score (nSPS) is 13.0. The summed E-state index contributed by atoms with van der Waals surface area (Å²) in [5, 5.41) is 14.0. The third-order valence-corrected chi connectivity index (χ3v) is 13.8. The van der Waals surface area contributed by atoms with E-state index in [2.05, 4.69) is 20.3 Å². The lowest BCUT2D eigenvalue weighted by atomic mass is 9.97. The maximum absolute atomic E-state index is 6.38. The average molecular weight is 973 g/mol. The van der Waals surface area contributed by atoms with Gasteiger partial charge in [0.2, 0.25) is 0 Å². The molecule has 12 rings (SSSR count). The molecule has 0 unspecified atom stereocenters. The van der Waals surface area contributed by atoms with E-state index in [4.69, 9.17) is 57.9 Å². The van der Waals surface area contributed by atoms with Gasteiger partial charge in [-0.1, -0.05) is 97.1 Å². The number of anilines is 2. The Balaban J connectivity index is 1.34. The molecular weight excluding hydrogens is 925 g/mol. The highest BCUT2D eigenvalue weighted by atomic mass is 16.5. The van der Waals surface area contributed by atoms with E-state index in [1.165, 1.54) is 0 Å². The Morgan fingerprint density at radius 1 is 0.370 bits per heavy atom. The molecule has 0 spiro atoms. The minimum atomic E-state index is 0.282. The highest BCUT2D eigenvalue weighted by molar-refractivity contribution is 6.23. The molecule has 0 atom stereocenters. The lowest BCUT2D eigenvalue weighted by Crippen LogP contribution is -2.16. The van der Waals surface area contributed by atoms with Crippen LogP contribution in [0, 0.1) is 0 Å². The van der Waals surface area contributed by atoms with Gasteiger partial charge in [0.1, 0.15) is 80.2 Å². The first-order valence-electron chi connectivity index (χ1n) is 23.3. The van der Waals surface area contributed by atoms with Crippen molar-refractivity contribution in [2.24, 2.45) is 20.0 Å². The van der Waals surface area contributed by atoms with Crippen molar-refractivity contribution in [1.82, 2.24) is 15.0 Å². The molecule has 3 aromatic heterocycles. The molecule has 0 radical (unpaired) electrons. The van der Waals surface area contributed by atoms with E-state index in [-0.39, 0.29) is 5.84 Å². The minimum Gasteiger partial charge on any atom is -0.495 e. The average Bonchev–Trinajstić information content (AvgIpc) is 4.09. The largest absolute Gasteiger partial charge is 0.495 e. The Labute approximate surface area is 416 Å². The van der Waals surface area contributed by atoms with Crippen LogP contribution in [0.25, 0.3) is 75.4 Å². The quantitative estimate of drug-likeness (QED) is 0.115. The van der Waals surface area contributed by atoms with Crippen LogP contribution >= 0.6 is 0 Å². The number of rotatable bonds is 8. The molecule has 1 aliphatic heterocycles. The van der Waals surface area contributed by atoms with Crippen LogP contribution in [0.4, 0.5) is 23.3 Å². The summed E-state index contributed by atoms with van der Waals surface area (Å²) >= 11 is 0. The standard InChI is InChI=1S/C57H48N8O8/c1-58-51-36-35(43(66-2)27-18-10-11-19-28(27)44(36)67-3)26-59-52-37-38(46(69-5)30-21-13-12-20-29(30)45(37)68-4)54(61-52)63-56-41-42(50(73-9)34-25-17-16-24-33(34)49(41)72-8)57(65-56)64-55-40-39(53(60-51)62-55)47(70-6)31-22-14-15-23-32(31)48(40)71-7/h10-26,61,63,65H,1-9H3,(H,58,60,62,64). The van der Waals surface area contributed by atoms with E-state index in [0.29, 0.717) is 124 Å². The van der Waals surface area contributed by atoms with Crippen molar-refractivity contribution in [2.75, 3.05) is 69.2 Å². The van der Waals surface area contributed by atoms with Gasteiger partial charge in [-0.3, -0.25) is 4.99 Å². The van der Waals surface area contributed by atoms with Crippen LogP contribution in [-0.4, -0.2) is 90.9 Å². The fraction of sp³-hybridized carbons (Fsp3) is 0.158. The predicted octanol–water partition coefficient (Wildman–Crippen LogP) is 11.3. The van der Waals surface area contributed by atoms with Gasteiger partial charge in [-0.05, 0) is 0 Å². The lowest BCUT2D eigenvalue weighted by Gasteiger charge is -2.18. The number of hydrogen-bond donors (Lipinski definition) is 4. The van der Waals surface area contributed by atoms with Crippen LogP contribution in [0.5, 0.6) is 46.0 Å². The van der Waals surface area contributed by atoms with Crippen LogP contribution in [0.2, 0.25) is 0 Å². The summed E-state index contributed by atoms with van der Waals surface area (Å²) in [6.45, 7) is 0. The first-order chi connectivity index (χ1) is 35.9. The number of hydrogen-bond acceptors (Lipinski definition) is 12. The molecule has 6 bridgehead atoms. The van der Waals surface area contributed by atoms with Gasteiger partial charge >= 0.3 is 0 Å². The molecule has 4 N–H and O–H groups in total. The van der Waals surface area contributed by atoms with E-state index < -0.39 is 0 Å². The van der Waals surface area contributed by atoms with Gasteiger partial charge in [0.25, 0.3) is 0 Å². The third kappa shape index (κ3) is 6.39. The molecule has 16 heteroatoms. The number of aliphatic imine (C=N–C) groups is 2. The van der Waals surface area contributed by atoms with E-state index in [1.54, 1.807) is 70.1 Å². The second-order valence-corrected chi connectivity index (χ2v) is 17.2. The first kappa shape index (κ1) is 44.7. The third-order valence-electron chi connectivity index (χ3n) is 13.8. The number of amidine groups is 1. The van der Waals surface area contributed by atoms with E-state index in [9.17, 15) is 0 Å². The van der Waals surface area contributed by atoms with Gasteiger partial charge in [-0.25, -0.2) is 15.0 Å². The summed E-state index contributed by atoms with van der Waals surface area (Å²) in [6.07, 6.45) is 1.74. The molecule has 0 saturated heterocycles. The highest BCUT2D eigenvalue weighted by Crippen LogP contribution is 2.54. The van der Waals surface area contributed by atoms with E-state index in [0.717, 1.165) is 43.1 Å². The van der Waals surface area contributed by atoms with E-state index >= 15 is 0 Å². The number of nitrogens with one attached hydrogen (secondary N) is 4. The number of fused-ring (bicyclic) bond motifs is 20. The number of aromatic nitrogens is 3. The monoisotopic (exact) mass is 972 g/mol. The molecular formula is C57H48N8O8. The van der Waals surface area contributed by atoms with Gasteiger partial charge in [0.05, 0.1) is 100 Å². The van der Waals surface area contributed by atoms with Gasteiger partial charge in [-0.15, -0.1) is 0 Å². The minimum absolute atomic E-state index is 0.282. The molecule has 0 amide bonds. The summed E-state index contributed by atoms with van der Waals surface area (Å²) in [5.74, 6) is 6.60. The van der Waals surface area contributed by atoms with Crippen molar-refractivity contribution in [3.8, 4) is 46.0 Å². The Bertz CT molecular complexity index is 4320. The summed E-state index contributed by atoms with van der Waals surface area (Å²) in [6, 6.07) is 31.6. The maximum Gasteiger partial charge on any atom is 0.161 e. The summed E-state index contributed by atoms with van der Waals surface area (Å²) in [5.41, 5.74) is 1.82. The molecule has 0 saturated carbocycles. The topological polar surface area (TPSA) is 183 Å². The zero-order valence-corrected chi connectivity index (χ0v) is 41.4. The summed E-state index contributed by atoms with van der Waals surface area (Å²) in [4.78, 5) is 32.1. The number of benzene rings is 8. The van der Waals surface area contributed by atoms with Gasteiger partial charge < -0.3 is 58.2 Å². The molecule has 73 heavy (non-hydrogen) atoms. The van der Waals surface area contributed by atoms with Crippen molar-refractivity contribution in [3.05, 3.63) is 119 Å². The molecule has 0 aliphatic carbocycles. The van der Waals surface area contributed by atoms with Crippen LogP contribution in [0.1, 0.15) is 11.1 Å². The van der Waals surface area contributed by atoms with Crippen molar-refractivity contribution >= 4 is 111 Å². The Kier molecular flexibility index (Phi) is 10.7. The van der Waals surface area contributed by atoms with Crippen LogP contribution in [-0.2, 0) is 0 Å². The highest BCUT2D eigenvalue weighted by Gasteiger charge is 2.30. The zero-order chi connectivity index (χ0) is 50.2. The Morgan fingerprint density at radius 2 is 0.712 bits per heavy atom. The fourth-order valence-electron chi connectivity index (χ4n) is 10.9. The van der Waals surface area contributed by atoms with Gasteiger partial charge in [-0.2, -0.15) is 0 Å². The van der Waals surface area contributed by atoms with E-state index in [1.807, 2.05) is 97.1 Å². The second kappa shape index (κ2) is 17.4. The SMILES string of the molecule is CN=C1N=c2[nH]c(c3c(OC)c4ccccc4c(OC)c23)=Nc2[nH]c(c3c(OC)c4ccccc4c(OC)c23)Nc2[nH]c(c3c(OC)c4ccccc4c(OC)c23)N=Cc2c1c(OC)c1ccccc1c2OC. The van der Waals surface area contributed by atoms with Crippen LogP contribution in [0.3, 0.4) is 0 Å². The molecule has 0 fully saturated rings. The lowest BCUT2D eigenvalue weighted by molar-refractivity contribution is 0.409. The maximum atomic E-state index is 6.38. The van der Waals surface area contributed by atoms with Crippen molar-refractivity contribution in [2.45, 2.75) is 0 Å². The number of nitrogens with zero attached hydrogens (tertiary/aromatic N) is 4. The van der Waals surface area contributed by atoms with Crippen LogP contribution < -0.4 is 54.2 Å². The Morgan fingerprint density at radius 3 is 1.12 bits per heavy atom. The molecule has 8 aromatic carbocycles. The predicted molar refractivity (Wildman–Crippen MR) is 289 cm³/mol. The first-order valence-corrected chi connectivity index (χ1v) is 23.3. The number of methoxy groups -OCH3 is 8. The summed E-state index contributed by atoms with van der Waals surface area (Å²) in [7, 11) is 14.8. The summed E-state index contributed by atoms with van der Waals surface area (Å²) < 4.78 is 50.9. The molecule has 4 heterocycles.